The molecule has 5 amide bonds. The first kappa shape index (κ1) is 98.7. The fraction of sp³-hybridized carbons (Fsp3) is 0.270. The van der Waals surface area contributed by atoms with Gasteiger partial charge in [-0.3, -0.25) is 33.9 Å². The van der Waals surface area contributed by atoms with Gasteiger partial charge in [-0.2, -0.15) is 76.1 Å². The summed E-state index contributed by atoms with van der Waals surface area (Å²) >= 11 is 5.74. The summed E-state index contributed by atoms with van der Waals surface area (Å²) in [7, 11) is 0. The van der Waals surface area contributed by atoms with Gasteiger partial charge in [0.2, 0.25) is 0 Å². The van der Waals surface area contributed by atoms with Crippen LogP contribution in [0.5, 0.6) is 0 Å². The van der Waals surface area contributed by atoms with Crippen LogP contribution in [0.3, 0.4) is 0 Å². The zero-order chi connectivity index (χ0) is 101. The highest BCUT2D eigenvalue weighted by molar-refractivity contribution is 6.30. The van der Waals surface area contributed by atoms with E-state index in [9.17, 15) is 98.6 Å². The monoisotopic (exact) mass is 2000 g/mol. The Hall–Kier alpha value is -16.4. The molecule has 15 aromatic rings. The first-order valence-electron chi connectivity index (χ1n) is 42.7. The average Bonchev–Trinajstić information content (AvgIpc) is 1.14. The number of alkyl halides is 12. The van der Waals surface area contributed by atoms with Gasteiger partial charge in [-0.1, -0.05) is 61.9 Å². The van der Waals surface area contributed by atoms with Gasteiger partial charge in [0.15, 0.2) is 11.6 Å². The maximum Gasteiger partial charge on any atom is 0.419 e. The number of carbonyl (C=O) groups excluding carboxylic acids is 5. The summed E-state index contributed by atoms with van der Waals surface area (Å²) in [5.74, 6) is -8.69. The van der Waals surface area contributed by atoms with Crippen molar-refractivity contribution in [2.45, 2.75) is 122 Å². The van der Waals surface area contributed by atoms with E-state index in [1.165, 1.54) is 69.1 Å². The number of halogens is 18. The summed E-state index contributed by atoms with van der Waals surface area (Å²) in [6.07, 6.45) is -0.680. The Morgan fingerprint density at radius 2 is 0.662 bits per heavy atom. The number of amides is 5. The molecule has 0 saturated heterocycles. The van der Waals surface area contributed by atoms with Crippen molar-refractivity contribution in [3.05, 3.63) is 324 Å². The van der Waals surface area contributed by atoms with Crippen molar-refractivity contribution >= 4 is 41.1 Å². The molecule has 142 heavy (non-hydrogen) atoms. The first-order chi connectivity index (χ1) is 67.7. The molecule has 0 radical (unpaired) electrons. The van der Waals surface area contributed by atoms with Gasteiger partial charge in [0.25, 0.3) is 47.4 Å². The zero-order valence-electron chi connectivity index (χ0n) is 74.1. The number of aryl methyl sites for hydroxylation is 1. The summed E-state index contributed by atoms with van der Waals surface area (Å²) in [5.41, 5.74) is -1.47. The van der Waals surface area contributed by atoms with Gasteiger partial charge in [0, 0.05) is 131 Å². The minimum atomic E-state index is -4.89. The standard InChI is InChI=1S/C19H16F4N6O.3C18H14F4N6O.C16H12ClFN6O/c1-10-6-8-24-18(25-10)29-14-7-9-28(11(2)16(14)26-27-29)17(30)12-4-3-5-13(15(12)20)19(21,22)23;2*1-10-15-13(28(26-25-15)17-23-7-3-8-24-17)6-9-27(10)16(29)11-4-2-5-12(14(11)19)18(20,21)22;1-10-16-13(28(26-25-16)14-9-23-6-7-24-14)5-8-27(10)17(29)11-3-2-4-12(15(11)19)18(20,21)22;17-10-1-2-11(12(18)7-10)16(25)23-6-3-14-13(9-23)21-22-24(14)15-8-19-4-5-20-15/h3-6,8,11H,7,9H2,1-2H3;2*2-5,7-8,10H,6,9H2,1H3;2-4,6-7,9-10H,5,8H2,1H3;1-2,4-5,7-8H,3,6,9H2/t11-;10-;;;/m01.../s1. The van der Waals surface area contributed by atoms with Crippen molar-refractivity contribution in [2.24, 2.45) is 0 Å². The van der Waals surface area contributed by atoms with Crippen molar-refractivity contribution in [1.82, 2.24) is 149 Å². The van der Waals surface area contributed by atoms with Gasteiger partial charge in [0.1, 0.15) is 57.6 Å². The molecular formula is C89H70ClF17N30O5. The van der Waals surface area contributed by atoms with Gasteiger partial charge >= 0.3 is 24.7 Å². The van der Waals surface area contributed by atoms with Gasteiger partial charge in [0.05, 0.1) is 122 Å². The molecule has 0 aliphatic carbocycles. The normalized spacial score (nSPS) is 16.0. The van der Waals surface area contributed by atoms with Crippen LogP contribution in [0.4, 0.5) is 74.6 Å². The Kier molecular flexibility index (Phi) is 28.0. The Balaban J connectivity index is 0.000000128. The van der Waals surface area contributed by atoms with E-state index in [-0.39, 0.29) is 43.3 Å². The fourth-order valence-electron chi connectivity index (χ4n) is 16.4. The van der Waals surface area contributed by atoms with E-state index < -0.39 is 152 Å². The zero-order valence-corrected chi connectivity index (χ0v) is 74.8. The van der Waals surface area contributed by atoms with Crippen LogP contribution >= 0.6 is 11.6 Å². The Morgan fingerprint density at radius 3 is 1.00 bits per heavy atom. The maximum atomic E-state index is 14.4. The molecule has 5 aromatic carbocycles. The second-order valence-corrected chi connectivity index (χ2v) is 32.3. The molecule has 10 aromatic heterocycles. The lowest BCUT2D eigenvalue weighted by Gasteiger charge is -2.32. The topological polar surface area (TPSA) is 384 Å². The maximum absolute atomic E-state index is 14.4. The molecule has 0 N–H and O–H groups in total. The second kappa shape index (κ2) is 40.2. The van der Waals surface area contributed by atoms with Gasteiger partial charge in [-0.05, 0) is 120 Å². The molecule has 732 valence electrons. The van der Waals surface area contributed by atoms with Crippen molar-refractivity contribution in [3.63, 3.8) is 0 Å². The highest BCUT2D eigenvalue weighted by Crippen LogP contribution is 2.42. The van der Waals surface area contributed by atoms with Crippen LogP contribution in [0, 0.1) is 36.0 Å². The number of nitrogens with zero attached hydrogens (tertiary/aromatic N) is 30. The number of hydrogen-bond acceptors (Lipinski definition) is 25. The van der Waals surface area contributed by atoms with E-state index in [1.54, 1.807) is 112 Å². The molecule has 5 aliphatic rings. The molecule has 4 atom stereocenters. The van der Waals surface area contributed by atoms with Crippen LogP contribution in [0.25, 0.3) is 29.5 Å². The number of rotatable bonds is 10. The minimum Gasteiger partial charge on any atom is -0.332 e. The summed E-state index contributed by atoms with van der Waals surface area (Å²) in [6, 6.07) is 17.3. The fourth-order valence-corrected chi connectivity index (χ4v) is 16.5. The van der Waals surface area contributed by atoms with Crippen LogP contribution in [-0.4, -0.2) is 212 Å². The molecule has 2 unspecified atom stereocenters. The second-order valence-electron chi connectivity index (χ2n) is 31.9. The predicted molar refractivity (Wildman–Crippen MR) is 458 cm³/mol. The molecule has 0 bridgehead atoms. The molecule has 53 heteroatoms. The SMILES string of the molecule is CC1c2nnn(-c3cnccn3)c2CCN1C(=O)c1cccc(C(F)(F)F)c1F.CC1c2nnn(-c3ncccn3)c2CCN1C(=O)c1cccc(C(F)(F)F)c1F.C[C@@H]1c2nnn(-c3ncccn3)c2CCN1C(=O)c1cccc(C(F)(F)F)c1F.Cc1ccnc(-n2nnc3c2CCN(C(=O)c2cccc(C(F)(F)F)c2F)[C@H]3C)n1.O=C(c1ccc(Cl)cc1F)N1CCc2c(nnn2-c2cnccn2)C1. The smallest absolute Gasteiger partial charge is 0.332 e. The van der Waals surface area contributed by atoms with Crippen LogP contribution in [0.2, 0.25) is 5.02 Å². The van der Waals surface area contributed by atoms with Crippen LogP contribution in [0.1, 0.15) is 189 Å². The third-order valence-electron chi connectivity index (χ3n) is 23.4. The lowest BCUT2D eigenvalue weighted by molar-refractivity contribution is -0.140. The van der Waals surface area contributed by atoms with Gasteiger partial charge in [-0.25, -0.2) is 61.8 Å². The minimum absolute atomic E-state index is 0.00540. The summed E-state index contributed by atoms with van der Waals surface area (Å²) in [6.45, 7) is 9.77. The molecule has 20 rings (SSSR count). The summed E-state index contributed by atoms with van der Waals surface area (Å²) < 4.78 is 235. The van der Waals surface area contributed by atoms with E-state index >= 15 is 0 Å². The molecule has 35 nitrogen and oxygen atoms in total. The molecular weight excluding hydrogens is 1930 g/mol. The Labute approximate surface area is 794 Å². The van der Waals surface area contributed by atoms with E-state index in [0.29, 0.717) is 144 Å². The lowest BCUT2D eigenvalue weighted by Crippen LogP contribution is -2.40. The van der Waals surface area contributed by atoms with Crippen LogP contribution in [0.15, 0.2) is 177 Å². The van der Waals surface area contributed by atoms with E-state index in [1.807, 2.05) is 0 Å². The number of fused-ring (bicyclic) bond motifs is 5. The quantitative estimate of drug-likeness (QED) is 0.115. The third kappa shape index (κ3) is 20.0. The molecule has 5 aliphatic heterocycles. The first-order valence-corrected chi connectivity index (χ1v) is 43.1. The Morgan fingerprint density at radius 1 is 0.338 bits per heavy atom. The highest BCUT2D eigenvalue weighted by atomic mass is 35.5. The molecule has 0 fully saturated rings. The lowest BCUT2D eigenvalue weighted by atomic mass is 10.0. The third-order valence-corrected chi connectivity index (χ3v) is 23.6. The van der Waals surface area contributed by atoms with Crippen LogP contribution in [-0.2, 0) is 63.4 Å². The predicted octanol–water partition coefficient (Wildman–Crippen LogP) is 14.3. The van der Waals surface area contributed by atoms with Gasteiger partial charge < -0.3 is 24.5 Å². The number of carbonyl (C=O) groups is 5. The van der Waals surface area contributed by atoms with Gasteiger partial charge in [-0.15, -0.1) is 25.5 Å². The summed E-state index contributed by atoms with van der Waals surface area (Å²) in [5, 5.41) is 41.0. The molecule has 0 saturated carbocycles. The number of hydrogen-bond donors (Lipinski definition) is 0. The van der Waals surface area contributed by atoms with E-state index in [4.69, 9.17) is 11.6 Å². The largest absolute Gasteiger partial charge is 0.419 e. The summed E-state index contributed by atoms with van der Waals surface area (Å²) in [4.78, 5) is 112. The number of benzene rings is 5. The van der Waals surface area contributed by atoms with Crippen molar-refractivity contribution in [1.29, 1.82) is 0 Å². The van der Waals surface area contributed by atoms with Crippen molar-refractivity contribution in [2.75, 3.05) is 32.7 Å². The van der Waals surface area contributed by atoms with E-state index in [0.717, 1.165) is 66.0 Å². The number of aromatic nitrogens is 25. The van der Waals surface area contributed by atoms with Crippen molar-refractivity contribution < 1.29 is 98.6 Å². The molecule has 15 heterocycles. The van der Waals surface area contributed by atoms with Crippen LogP contribution < -0.4 is 0 Å². The average molecular weight is 2000 g/mol. The highest BCUT2D eigenvalue weighted by Gasteiger charge is 2.45. The van der Waals surface area contributed by atoms with E-state index in [2.05, 4.69) is 101 Å². The molecule has 0 spiro atoms. The Bertz CT molecular complexity index is 6830. The van der Waals surface area contributed by atoms with Crippen molar-refractivity contribution in [3.8, 4) is 29.5 Å².